The van der Waals surface area contributed by atoms with Gasteiger partial charge in [-0.2, -0.15) is 0 Å². The molecule has 1 N–H and O–H groups in total. The summed E-state index contributed by atoms with van der Waals surface area (Å²) < 4.78 is 0. The van der Waals surface area contributed by atoms with Gasteiger partial charge in [-0.25, -0.2) is 4.98 Å². The summed E-state index contributed by atoms with van der Waals surface area (Å²) in [7, 11) is 0. The average molecular weight is 359 g/mol. The van der Waals surface area contributed by atoms with Crippen LogP contribution in [0.4, 0.5) is 5.13 Å². The van der Waals surface area contributed by atoms with E-state index < -0.39 is 0 Å². The maximum absolute atomic E-state index is 4.58. The predicted octanol–water partition coefficient (Wildman–Crippen LogP) is 3.74. The Hall–Kier alpha value is -1.43. The topological polar surface area (TPSA) is 31.4 Å². The Bertz CT molecular complexity index is 616. The molecule has 2 heterocycles. The molecule has 0 unspecified atom stereocenters. The van der Waals surface area contributed by atoms with Gasteiger partial charge >= 0.3 is 0 Å². The monoisotopic (exact) mass is 358 g/mol. The van der Waals surface area contributed by atoms with Crippen molar-refractivity contribution in [3.63, 3.8) is 0 Å². The van der Waals surface area contributed by atoms with Crippen LogP contribution < -0.4 is 10.2 Å². The first kappa shape index (κ1) is 18.4. The molecule has 1 aromatic heterocycles. The van der Waals surface area contributed by atoms with Crippen LogP contribution in [-0.2, 0) is 13.1 Å². The second-order valence-electron chi connectivity index (χ2n) is 6.70. The van der Waals surface area contributed by atoms with E-state index in [1.165, 1.54) is 36.4 Å². The maximum atomic E-state index is 4.58. The van der Waals surface area contributed by atoms with Crippen LogP contribution in [0.5, 0.6) is 0 Å². The third-order valence-electron chi connectivity index (χ3n) is 4.98. The quantitative estimate of drug-likeness (QED) is 0.779. The Balaban J connectivity index is 1.41. The number of benzene rings is 1. The fourth-order valence-electron chi connectivity index (χ4n) is 3.40. The Morgan fingerprint density at radius 2 is 1.88 bits per heavy atom. The lowest BCUT2D eigenvalue weighted by Crippen LogP contribution is -2.41. The fraction of sp³-hybridized carbons (Fsp3) is 0.550. The zero-order valence-electron chi connectivity index (χ0n) is 15.4. The molecule has 1 aliphatic rings. The summed E-state index contributed by atoms with van der Waals surface area (Å²) in [5.41, 5.74) is 1.42. The molecule has 1 saturated heterocycles. The van der Waals surface area contributed by atoms with Gasteiger partial charge in [-0.05, 0) is 45.3 Å². The number of hydrogen-bond donors (Lipinski definition) is 1. The standard InChI is InChI=1S/C20H30N4S/c1-3-24(4-2)20-22-15-19(25-20)14-21-18-10-12-23(13-11-18)16-17-8-6-5-7-9-17/h5-9,15,18,21H,3-4,10-14,16H2,1-2H3. The third-order valence-corrected chi connectivity index (χ3v) is 6.03. The number of piperidine rings is 1. The van der Waals surface area contributed by atoms with Crippen molar-refractivity contribution in [2.24, 2.45) is 0 Å². The Morgan fingerprint density at radius 3 is 2.56 bits per heavy atom. The van der Waals surface area contributed by atoms with Gasteiger partial charge < -0.3 is 10.2 Å². The highest BCUT2D eigenvalue weighted by Crippen LogP contribution is 2.22. The largest absolute Gasteiger partial charge is 0.349 e. The molecule has 136 valence electrons. The van der Waals surface area contributed by atoms with Gasteiger partial charge in [0.2, 0.25) is 0 Å². The van der Waals surface area contributed by atoms with Crippen LogP contribution in [0.2, 0.25) is 0 Å². The van der Waals surface area contributed by atoms with Gasteiger partial charge in [-0.1, -0.05) is 30.3 Å². The van der Waals surface area contributed by atoms with Crippen LogP contribution in [0.25, 0.3) is 0 Å². The lowest BCUT2D eigenvalue weighted by Gasteiger charge is -2.32. The first-order chi connectivity index (χ1) is 12.3. The molecule has 0 radical (unpaired) electrons. The highest BCUT2D eigenvalue weighted by Gasteiger charge is 2.19. The number of anilines is 1. The summed E-state index contributed by atoms with van der Waals surface area (Å²) in [6, 6.07) is 11.4. The number of aromatic nitrogens is 1. The first-order valence-electron chi connectivity index (χ1n) is 9.47. The maximum Gasteiger partial charge on any atom is 0.185 e. The van der Waals surface area contributed by atoms with Gasteiger partial charge in [0.25, 0.3) is 0 Å². The van der Waals surface area contributed by atoms with Gasteiger partial charge in [-0.15, -0.1) is 11.3 Å². The SMILES string of the molecule is CCN(CC)c1ncc(CNC2CCN(Cc3ccccc3)CC2)s1. The minimum Gasteiger partial charge on any atom is -0.349 e. The van der Waals surface area contributed by atoms with Crippen LogP contribution in [0.1, 0.15) is 37.1 Å². The molecular formula is C20H30N4S. The molecule has 0 bridgehead atoms. The van der Waals surface area contributed by atoms with Crippen LogP contribution in [0.3, 0.4) is 0 Å². The lowest BCUT2D eigenvalue weighted by molar-refractivity contribution is 0.190. The predicted molar refractivity (Wildman–Crippen MR) is 107 cm³/mol. The molecule has 1 aromatic carbocycles. The summed E-state index contributed by atoms with van der Waals surface area (Å²) in [6.45, 7) is 10.8. The number of likely N-dealkylation sites (tertiary alicyclic amines) is 1. The van der Waals surface area contributed by atoms with E-state index in [1.54, 1.807) is 0 Å². The molecule has 4 nitrogen and oxygen atoms in total. The summed E-state index contributed by atoms with van der Waals surface area (Å²) in [6.07, 6.45) is 4.50. The van der Waals surface area contributed by atoms with Crippen LogP contribution >= 0.6 is 11.3 Å². The zero-order valence-corrected chi connectivity index (χ0v) is 16.3. The zero-order chi connectivity index (χ0) is 17.5. The summed E-state index contributed by atoms with van der Waals surface area (Å²) >= 11 is 1.82. The lowest BCUT2D eigenvalue weighted by atomic mass is 10.0. The molecule has 1 aliphatic heterocycles. The summed E-state index contributed by atoms with van der Waals surface area (Å²) in [5.74, 6) is 0. The van der Waals surface area contributed by atoms with Crippen molar-refractivity contribution in [2.75, 3.05) is 31.1 Å². The number of nitrogens with zero attached hydrogens (tertiary/aromatic N) is 3. The summed E-state index contributed by atoms with van der Waals surface area (Å²) in [4.78, 5) is 10.8. The number of nitrogens with one attached hydrogen (secondary N) is 1. The van der Waals surface area contributed by atoms with Gasteiger partial charge in [0.05, 0.1) is 0 Å². The van der Waals surface area contributed by atoms with E-state index in [0.717, 1.165) is 31.3 Å². The Kier molecular flexibility index (Phi) is 6.84. The number of hydrogen-bond acceptors (Lipinski definition) is 5. The molecule has 25 heavy (non-hydrogen) atoms. The van der Waals surface area contributed by atoms with Crippen molar-refractivity contribution in [1.82, 2.24) is 15.2 Å². The van der Waals surface area contributed by atoms with Crippen LogP contribution in [0, 0.1) is 0 Å². The van der Waals surface area contributed by atoms with E-state index in [2.05, 4.69) is 64.3 Å². The van der Waals surface area contributed by atoms with Crippen molar-refractivity contribution >= 4 is 16.5 Å². The molecule has 0 spiro atoms. The highest BCUT2D eigenvalue weighted by atomic mass is 32.1. The molecule has 0 atom stereocenters. The molecule has 2 aromatic rings. The number of thiazole rings is 1. The van der Waals surface area contributed by atoms with Crippen LogP contribution in [0.15, 0.2) is 36.5 Å². The second-order valence-corrected chi connectivity index (χ2v) is 7.79. The van der Waals surface area contributed by atoms with Crippen molar-refractivity contribution in [2.45, 2.75) is 45.8 Å². The Morgan fingerprint density at radius 1 is 1.16 bits per heavy atom. The van der Waals surface area contributed by atoms with E-state index >= 15 is 0 Å². The number of rotatable bonds is 8. The fourth-order valence-corrected chi connectivity index (χ4v) is 4.39. The van der Waals surface area contributed by atoms with E-state index in [9.17, 15) is 0 Å². The smallest absolute Gasteiger partial charge is 0.185 e. The minimum atomic E-state index is 0.631. The molecule has 0 aliphatic carbocycles. The molecule has 0 amide bonds. The molecule has 3 rings (SSSR count). The normalized spacial score (nSPS) is 16.2. The van der Waals surface area contributed by atoms with Crippen molar-refractivity contribution in [1.29, 1.82) is 0 Å². The van der Waals surface area contributed by atoms with Gasteiger partial charge in [-0.3, -0.25) is 4.90 Å². The van der Waals surface area contributed by atoms with Crippen molar-refractivity contribution in [3.8, 4) is 0 Å². The molecule has 0 saturated carbocycles. The van der Waals surface area contributed by atoms with Gasteiger partial charge in [0.1, 0.15) is 0 Å². The van der Waals surface area contributed by atoms with Crippen LogP contribution in [-0.4, -0.2) is 42.1 Å². The first-order valence-corrected chi connectivity index (χ1v) is 10.3. The van der Waals surface area contributed by atoms with Gasteiger partial charge in [0.15, 0.2) is 5.13 Å². The van der Waals surface area contributed by atoms with E-state index in [1.807, 2.05) is 17.5 Å². The highest BCUT2D eigenvalue weighted by molar-refractivity contribution is 7.15. The molecular weight excluding hydrogens is 328 g/mol. The van der Waals surface area contributed by atoms with E-state index in [0.29, 0.717) is 6.04 Å². The Labute approximate surface area is 155 Å². The van der Waals surface area contributed by atoms with E-state index in [-0.39, 0.29) is 0 Å². The minimum absolute atomic E-state index is 0.631. The average Bonchev–Trinajstić information content (AvgIpc) is 3.12. The van der Waals surface area contributed by atoms with Crippen molar-refractivity contribution in [3.05, 3.63) is 47.0 Å². The third kappa shape index (κ3) is 5.27. The summed E-state index contributed by atoms with van der Waals surface area (Å²) in [5, 5.41) is 4.89. The molecule has 5 heteroatoms. The second kappa shape index (κ2) is 9.32. The van der Waals surface area contributed by atoms with E-state index in [4.69, 9.17) is 0 Å². The van der Waals surface area contributed by atoms with Gasteiger partial charge in [0, 0.05) is 43.3 Å². The molecule has 1 fully saturated rings. The van der Waals surface area contributed by atoms with Crippen molar-refractivity contribution < 1.29 is 0 Å².